The molecule has 144 valence electrons. The fraction of sp³-hybridized carbons (Fsp3) is 0.579. The third-order valence-corrected chi connectivity index (χ3v) is 4.59. The second-order valence-electron chi connectivity index (χ2n) is 6.64. The van der Waals surface area contributed by atoms with Crippen molar-refractivity contribution >= 4 is 11.9 Å². The number of ether oxygens (including phenoxy) is 1. The first-order valence-corrected chi connectivity index (χ1v) is 9.15. The van der Waals surface area contributed by atoms with Crippen LogP contribution in [0.15, 0.2) is 29.3 Å². The summed E-state index contributed by atoms with van der Waals surface area (Å²) in [6.07, 6.45) is 1.93. The van der Waals surface area contributed by atoms with Gasteiger partial charge in [-0.25, -0.2) is 0 Å². The van der Waals surface area contributed by atoms with Crippen LogP contribution >= 0.6 is 0 Å². The maximum absolute atomic E-state index is 11.4. The summed E-state index contributed by atoms with van der Waals surface area (Å²) in [5, 5.41) is 6.50. The van der Waals surface area contributed by atoms with Crippen molar-refractivity contribution in [1.82, 2.24) is 15.5 Å². The van der Waals surface area contributed by atoms with Crippen molar-refractivity contribution in [2.24, 2.45) is 16.6 Å². The third-order valence-electron chi connectivity index (χ3n) is 4.59. The predicted molar refractivity (Wildman–Crippen MR) is 104 cm³/mol. The Labute approximate surface area is 156 Å². The molecule has 1 saturated heterocycles. The van der Waals surface area contributed by atoms with Crippen LogP contribution in [0.5, 0.6) is 0 Å². The molecule has 26 heavy (non-hydrogen) atoms. The van der Waals surface area contributed by atoms with Crippen LogP contribution in [0.25, 0.3) is 0 Å². The highest BCUT2D eigenvalue weighted by molar-refractivity contribution is 5.79. The summed E-state index contributed by atoms with van der Waals surface area (Å²) in [6.45, 7) is 4.67. The molecule has 1 aromatic rings. The molecule has 1 fully saturated rings. The molecule has 1 amide bonds. The number of hydrogen-bond donors (Lipinski definition) is 3. The average molecular weight is 361 g/mol. The van der Waals surface area contributed by atoms with Gasteiger partial charge in [-0.05, 0) is 30.5 Å². The molecule has 1 aliphatic heterocycles. The number of piperidine rings is 1. The zero-order valence-electron chi connectivity index (χ0n) is 15.8. The molecule has 0 bridgehead atoms. The first-order valence-electron chi connectivity index (χ1n) is 9.15. The quantitative estimate of drug-likeness (QED) is 0.360. The molecular weight excluding hydrogens is 330 g/mol. The lowest BCUT2D eigenvalue weighted by molar-refractivity contribution is -0.123. The Hall–Kier alpha value is -2.12. The van der Waals surface area contributed by atoms with Crippen LogP contribution in [0.1, 0.15) is 24.0 Å². The van der Waals surface area contributed by atoms with Crippen molar-refractivity contribution in [2.45, 2.75) is 25.9 Å². The van der Waals surface area contributed by atoms with E-state index in [9.17, 15) is 4.79 Å². The maximum atomic E-state index is 11.4. The number of hydrogen-bond acceptors (Lipinski definition) is 4. The number of carbonyl (C=O) groups excluding carboxylic acids is 1. The lowest BCUT2D eigenvalue weighted by atomic mass is 9.97. The summed E-state index contributed by atoms with van der Waals surface area (Å²) in [5.41, 5.74) is 7.91. The molecular formula is C19H31N5O2. The Kier molecular flexibility index (Phi) is 8.37. The predicted octanol–water partition coefficient (Wildman–Crippen LogP) is 0.695. The van der Waals surface area contributed by atoms with Crippen LogP contribution < -0.4 is 16.4 Å². The molecule has 7 nitrogen and oxygen atoms in total. The van der Waals surface area contributed by atoms with Gasteiger partial charge < -0.3 is 21.1 Å². The Balaban J connectivity index is 1.86. The van der Waals surface area contributed by atoms with E-state index in [1.165, 1.54) is 11.1 Å². The largest absolute Gasteiger partial charge is 0.383 e. The van der Waals surface area contributed by atoms with E-state index in [0.717, 1.165) is 38.4 Å². The van der Waals surface area contributed by atoms with Crippen molar-refractivity contribution in [3.63, 3.8) is 0 Å². The number of nitrogens with zero attached hydrogens (tertiary/aromatic N) is 2. The molecule has 0 aromatic heterocycles. The number of primary amides is 1. The van der Waals surface area contributed by atoms with E-state index in [-0.39, 0.29) is 11.8 Å². The van der Waals surface area contributed by atoms with Gasteiger partial charge in [-0.15, -0.1) is 0 Å². The lowest BCUT2D eigenvalue weighted by Crippen LogP contribution is -2.40. The SMILES string of the molecule is CN=C(NCCOC)NCc1cccc(CN2CCCC(C(N)=O)C2)c1. The number of aliphatic imine (C=N–C) groups is 1. The molecule has 7 heteroatoms. The third kappa shape index (κ3) is 6.65. The molecule has 0 spiro atoms. The van der Waals surface area contributed by atoms with Crippen LogP contribution in [0.2, 0.25) is 0 Å². The summed E-state index contributed by atoms with van der Waals surface area (Å²) >= 11 is 0. The Morgan fingerprint density at radius 3 is 2.92 bits per heavy atom. The van der Waals surface area contributed by atoms with Crippen LogP contribution in [-0.4, -0.2) is 57.2 Å². The Morgan fingerprint density at radius 2 is 2.19 bits per heavy atom. The minimum atomic E-state index is -0.181. The van der Waals surface area contributed by atoms with Crippen LogP contribution in [0.3, 0.4) is 0 Å². The highest BCUT2D eigenvalue weighted by atomic mass is 16.5. The van der Waals surface area contributed by atoms with E-state index in [0.29, 0.717) is 19.7 Å². The molecule has 1 aliphatic rings. The fourth-order valence-electron chi connectivity index (χ4n) is 3.21. The van der Waals surface area contributed by atoms with Gasteiger partial charge in [0.1, 0.15) is 0 Å². The molecule has 0 aliphatic carbocycles. The van der Waals surface area contributed by atoms with E-state index < -0.39 is 0 Å². The molecule has 2 rings (SSSR count). The van der Waals surface area contributed by atoms with Gasteiger partial charge in [0.15, 0.2) is 5.96 Å². The van der Waals surface area contributed by atoms with E-state index >= 15 is 0 Å². The molecule has 1 heterocycles. The van der Waals surface area contributed by atoms with Gasteiger partial charge in [-0.1, -0.05) is 24.3 Å². The van der Waals surface area contributed by atoms with Crippen LogP contribution in [0.4, 0.5) is 0 Å². The highest BCUT2D eigenvalue weighted by Crippen LogP contribution is 2.18. The lowest BCUT2D eigenvalue weighted by Gasteiger charge is -2.31. The number of benzene rings is 1. The second kappa shape index (κ2) is 10.8. The van der Waals surface area contributed by atoms with Crippen molar-refractivity contribution in [3.8, 4) is 0 Å². The monoisotopic (exact) mass is 361 g/mol. The van der Waals surface area contributed by atoms with Gasteiger partial charge in [0.25, 0.3) is 0 Å². The second-order valence-corrected chi connectivity index (χ2v) is 6.64. The van der Waals surface area contributed by atoms with E-state index in [1.54, 1.807) is 14.2 Å². The van der Waals surface area contributed by atoms with Gasteiger partial charge in [0, 0.05) is 40.3 Å². The number of nitrogens with one attached hydrogen (secondary N) is 2. The standard InChI is InChI=1S/C19H31N5O2/c1-21-19(22-8-10-26-2)23-12-15-5-3-6-16(11-15)13-24-9-4-7-17(14-24)18(20)25/h3,5-6,11,17H,4,7-10,12-14H2,1-2H3,(H2,20,25)(H2,21,22,23). The van der Waals surface area contributed by atoms with E-state index in [2.05, 4.69) is 44.8 Å². The summed E-state index contributed by atoms with van der Waals surface area (Å²) in [6, 6.07) is 8.50. The number of rotatable bonds is 8. The van der Waals surface area contributed by atoms with Crippen molar-refractivity contribution in [1.29, 1.82) is 0 Å². The van der Waals surface area contributed by atoms with Gasteiger partial charge >= 0.3 is 0 Å². The maximum Gasteiger partial charge on any atom is 0.221 e. The number of guanidine groups is 1. The molecule has 4 N–H and O–H groups in total. The number of amides is 1. The molecule has 0 saturated carbocycles. The minimum absolute atomic E-state index is 0.0184. The zero-order chi connectivity index (χ0) is 18.8. The van der Waals surface area contributed by atoms with Crippen LogP contribution in [-0.2, 0) is 22.6 Å². The highest BCUT2D eigenvalue weighted by Gasteiger charge is 2.23. The average Bonchev–Trinajstić information content (AvgIpc) is 2.65. The van der Waals surface area contributed by atoms with Gasteiger partial charge in [0.05, 0.1) is 12.5 Å². The van der Waals surface area contributed by atoms with Crippen molar-refractivity contribution in [2.75, 3.05) is 40.4 Å². The molecule has 0 radical (unpaired) electrons. The smallest absolute Gasteiger partial charge is 0.221 e. The summed E-state index contributed by atoms with van der Waals surface area (Å²) in [4.78, 5) is 18.0. The van der Waals surface area contributed by atoms with Crippen molar-refractivity contribution < 1.29 is 9.53 Å². The van der Waals surface area contributed by atoms with Crippen molar-refractivity contribution in [3.05, 3.63) is 35.4 Å². The number of methoxy groups -OCH3 is 1. The minimum Gasteiger partial charge on any atom is -0.383 e. The van der Waals surface area contributed by atoms with E-state index in [1.807, 2.05) is 0 Å². The van der Waals surface area contributed by atoms with Gasteiger partial charge in [-0.3, -0.25) is 14.7 Å². The molecule has 1 aromatic carbocycles. The fourth-order valence-corrected chi connectivity index (χ4v) is 3.21. The van der Waals surface area contributed by atoms with Crippen LogP contribution in [0, 0.1) is 5.92 Å². The first-order chi connectivity index (χ1) is 12.6. The number of likely N-dealkylation sites (tertiary alicyclic amines) is 1. The molecule has 1 unspecified atom stereocenters. The van der Waals surface area contributed by atoms with Gasteiger partial charge in [-0.2, -0.15) is 0 Å². The first kappa shape index (κ1) is 20.2. The summed E-state index contributed by atoms with van der Waals surface area (Å²) < 4.78 is 5.03. The van der Waals surface area contributed by atoms with E-state index in [4.69, 9.17) is 10.5 Å². The Bertz CT molecular complexity index is 605. The Morgan fingerprint density at radius 1 is 1.38 bits per heavy atom. The number of nitrogens with two attached hydrogens (primary N) is 1. The zero-order valence-corrected chi connectivity index (χ0v) is 15.8. The summed E-state index contributed by atoms with van der Waals surface area (Å²) in [5.74, 6) is 0.558. The molecule has 1 atom stereocenters. The summed E-state index contributed by atoms with van der Waals surface area (Å²) in [7, 11) is 3.43. The topological polar surface area (TPSA) is 92.0 Å². The number of carbonyl (C=O) groups is 1. The normalized spacial score (nSPS) is 18.5. The van der Waals surface area contributed by atoms with Gasteiger partial charge in [0.2, 0.25) is 5.91 Å².